The smallest absolute Gasteiger partial charge is 0.161 e. The van der Waals surface area contributed by atoms with Gasteiger partial charge in [-0.1, -0.05) is 12.1 Å². The Kier molecular flexibility index (Phi) is 4.54. The summed E-state index contributed by atoms with van der Waals surface area (Å²) in [5.41, 5.74) is 6.06. The van der Waals surface area contributed by atoms with Gasteiger partial charge in [0.25, 0.3) is 0 Å². The van der Waals surface area contributed by atoms with Crippen LogP contribution in [0.1, 0.15) is 13.3 Å². The molecule has 1 aromatic rings. The first-order chi connectivity index (χ1) is 7.58. The summed E-state index contributed by atoms with van der Waals surface area (Å²) in [6, 6.07) is 4.33. The average Bonchev–Trinajstić information content (AvgIpc) is 2.29. The minimum atomic E-state index is -0.362. The molecule has 16 heavy (non-hydrogen) atoms. The third kappa shape index (κ3) is 3.10. The minimum absolute atomic E-state index is 0.0748. The predicted octanol–water partition coefficient (Wildman–Crippen LogP) is 2.53. The Hall–Kier alpha value is -1.30. The molecule has 1 aromatic carbocycles. The first-order valence-electron chi connectivity index (χ1n) is 4.77. The van der Waals surface area contributed by atoms with Crippen molar-refractivity contribution in [3.63, 3.8) is 0 Å². The van der Waals surface area contributed by atoms with Gasteiger partial charge in [-0.3, -0.25) is 0 Å². The molecule has 0 aromatic heterocycles. The summed E-state index contributed by atoms with van der Waals surface area (Å²) in [6.45, 7) is 1.88. The molecular weight excluding hydrogens is 277 g/mol. The Bertz CT molecular complexity index is 398. The summed E-state index contributed by atoms with van der Waals surface area (Å²) < 4.78 is 13.6. The summed E-state index contributed by atoms with van der Waals surface area (Å²) in [5, 5.41) is 14.4. The molecule has 4 nitrogen and oxygen atoms in total. The monoisotopic (exact) mass is 289 g/mol. The number of hydrogen-bond acceptors (Lipinski definition) is 3. The Labute approximate surface area is 101 Å². The number of nitrogens with zero attached hydrogens (tertiary/aromatic N) is 1. The largest absolute Gasteiger partial charge is 0.409 e. The lowest BCUT2D eigenvalue weighted by molar-refractivity contribution is 0.316. The van der Waals surface area contributed by atoms with E-state index in [4.69, 9.17) is 10.9 Å². The molecule has 0 fully saturated rings. The number of nitrogens with two attached hydrogens (primary N) is 1. The third-order valence-electron chi connectivity index (χ3n) is 2.14. The number of amidine groups is 1. The first kappa shape index (κ1) is 12.8. The lowest BCUT2D eigenvalue weighted by Gasteiger charge is -2.16. The van der Waals surface area contributed by atoms with Gasteiger partial charge in [-0.15, -0.1) is 0 Å². The zero-order chi connectivity index (χ0) is 12.1. The molecular formula is C10H13BrFN3O. The molecule has 0 aliphatic carbocycles. The average molecular weight is 290 g/mol. The van der Waals surface area contributed by atoms with Crippen molar-refractivity contribution in [2.45, 2.75) is 19.4 Å². The van der Waals surface area contributed by atoms with Gasteiger partial charge in [0.2, 0.25) is 0 Å². The van der Waals surface area contributed by atoms with Gasteiger partial charge in [0.1, 0.15) is 5.82 Å². The maximum atomic E-state index is 13.2. The molecule has 0 saturated heterocycles. The van der Waals surface area contributed by atoms with E-state index < -0.39 is 0 Å². The first-order valence-corrected chi connectivity index (χ1v) is 5.56. The number of anilines is 1. The number of halogens is 2. The van der Waals surface area contributed by atoms with Gasteiger partial charge in [-0.2, -0.15) is 0 Å². The normalized spacial score (nSPS) is 13.6. The van der Waals surface area contributed by atoms with Crippen LogP contribution in [0, 0.1) is 5.82 Å². The number of hydrogen-bond donors (Lipinski definition) is 3. The molecule has 0 heterocycles. The van der Waals surface area contributed by atoms with E-state index in [0.717, 1.165) is 0 Å². The van der Waals surface area contributed by atoms with E-state index in [2.05, 4.69) is 26.4 Å². The zero-order valence-electron chi connectivity index (χ0n) is 8.74. The van der Waals surface area contributed by atoms with Crippen LogP contribution in [0.2, 0.25) is 0 Å². The predicted molar refractivity (Wildman–Crippen MR) is 65.2 cm³/mol. The molecule has 1 rings (SSSR count). The second-order valence-electron chi connectivity index (χ2n) is 3.26. The van der Waals surface area contributed by atoms with Gasteiger partial charge in [0.15, 0.2) is 5.84 Å². The van der Waals surface area contributed by atoms with Crippen molar-refractivity contribution < 1.29 is 9.60 Å². The van der Waals surface area contributed by atoms with Crippen LogP contribution < -0.4 is 11.1 Å². The Morgan fingerprint density at radius 3 is 2.88 bits per heavy atom. The van der Waals surface area contributed by atoms with E-state index in [-0.39, 0.29) is 17.7 Å². The second kappa shape index (κ2) is 5.69. The number of benzene rings is 1. The van der Waals surface area contributed by atoms with Gasteiger partial charge in [-0.05, 0) is 40.5 Å². The molecule has 6 heteroatoms. The molecule has 0 aliphatic heterocycles. The fourth-order valence-electron chi connectivity index (χ4n) is 1.24. The number of rotatable bonds is 4. The van der Waals surface area contributed by atoms with E-state index in [1.807, 2.05) is 6.92 Å². The summed E-state index contributed by atoms with van der Waals surface area (Å²) in [5.74, 6) is -0.287. The van der Waals surface area contributed by atoms with Crippen molar-refractivity contribution in [2.75, 3.05) is 5.32 Å². The Balaban J connectivity index is 2.82. The van der Waals surface area contributed by atoms with Crippen molar-refractivity contribution in [1.82, 2.24) is 0 Å². The summed E-state index contributed by atoms with van der Waals surface area (Å²) in [6.07, 6.45) is 0.633. The van der Waals surface area contributed by atoms with Gasteiger partial charge in [-0.25, -0.2) is 4.39 Å². The highest BCUT2D eigenvalue weighted by Gasteiger charge is 2.11. The fourth-order valence-corrected chi connectivity index (χ4v) is 1.49. The second-order valence-corrected chi connectivity index (χ2v) is 4.11. The molecule has 0 amide bonds. The standard InChI is InChI=1S/C10H13BrFN3O/c1-2-9(10(13)15-16)14-6-3-4-7(11)8(12)5-6/h3-5,9,14,16H,2H2,1H3,(H2,13,15). The van der Waals surface area contributed by atoms with Crippen LogP contribution in [0.4, 0.5) is 10.1 Å². The lowest BCUT2D eigenvalue weighted by atomic mass is 10.2. The van der Waals surface area contributed by atoms with E-state index in [9.17, 15) is 4.39 Å². The van der Waals surface area contributed by atoms with Gasteiger partial charge >= 0.3 is 0 Å². The molecule has 0 radical (unpaired) electrons. The van der Waals surface area contributed by atoms with Crippen LogP contribution in [-0.4, -0.2) is 17.1 Å². The van der Waals surface area contributed by atoms with Gasteiger partial charge < -0.3 is 16.3 Å². The Morgan fingerprint density at radius 1 is 1.69 bits per heavy atom. The van der Waals surface area contributed by atoms with Crippen molar-refractivity contribution in [3.05, 3.63) is 28.5 Å². The van der Waals surface area contributed by atoms with Crippen LogP contribution in [-0.2, 0) is 0 Å². The third-order valence-corrected chi connectivity index (χ3v) is 2.78. The quantitative estimate of drug-likeness (QED) is 0.345. The van der Waals surface area contributed by atoms with Crippen LogP contribution in [0.15, 0.2) is 27.8 Å². The van der Waals surface area contributed by atoms with Crippen LogP contribution in [0.25, 0.3) is 0 Å². The van der Waals surface area contributed by atoms with Crippen molar-refractivity contribution in [3.8, 4) is 0 Å². The van der Waals surface area contributed by atoms with E-state index in [0.29, 0.717) is 16.6 Å². The van der Waals surface area contributed by atoms with Gasteiger partial charge in [0, 0.05) is 5.69 Å². The summed E-state index contributed by atoms with van der Waals surface area (Å²) in [4.78, 5) is 0. The highest BCUT2D eigenvalue weighted by Crippen LogP contribution is 2.20. The van der Waals surface area contributed by atoms with Crippen molar-refractivity contribution in [1.29, 1.82) is 0 Å². The van der Waals surface area contributed by atoms with Crippen molar-refractivity contribution >= 4 is 27.5 Å². The fraction of sp³-hybridized carbons (Fsp3) is 0.300. The van der Waals surface area contributed by atoms with Crippen molar-refractivity contribution in [2.24, 2.45) is 10.9 Å². The maximum absolute atomic E-state index is 13.2. The molecule has 88 valence electrons. The highest BCUT2D eigenvalue weighted by atomic mass is 79.9. The molecule has 4 N–H and O–H groups in total. The lowest BCUT2D eigenvalue weighted by Crippen LogP contribution is -2.35. The van der Waals surface area contributed by atoms with E-state index in [1.54, 1.807) is 12.1 Å². The minimum Gasteiger partial charge on any atom is -0.409 e. The maximum Gasteiger partial charge on any atom is 0.161 e. The Morgan fingerprint density at radius 2 is 2.38 bits per heavy atom. The van der Waals surface area contributed by atoms with Crippen LogP contribution >= 0.6 is 15.9 Å². The number of oxime groups is 1. The van der Waals surface area contributed by atoms with E-state index in [1.165, 1.54) is 6.07 Å². The van der Waals surface area contributed by atoms with Gasteiger partial charge in [0.05, 0.1) is 10.5 Å². The molecule has 0 aliphatic rings. The van der Waals surface area contributed by atoms with Crippen LogP contribution in [0.3, 0.4) is 0 Å². The summed E-state index contributed by atoms with van der Waals surface area (Å²) in [7, 11) is 0. The topological polar surface area (TPSA) is 70.6 Å². The molecule has 0 saturated carbocycles. The number of nitrogens with one attached hydrogen (secondary N) is 1. The highest BCUT2D eigenvalue weighted by molar-refractivity contribution is 9.10. The molecule has 0 spiro atoms. The summed E-state index contributed by atoms with van der Waals surface area (Å²) >= 11 is 3.06. The molecule has 1 unspecified atom stereocenters. The molecule has 0 bridgehead atoms. The zero-order valence-corrected chi connectivity index (χ0v) is 10.3. The molecule has 1 atom stereocenters. The van der Waals surface area contributed by atoms with E-state index >= 15 is 0 Å². The van der Waals surface area contributed by atoms with Crippen LogP contribution in [0.5, 0.6) is 0 Å². The SMILES string of the molecule is CCC(Nc1ccc(Br)c(F)c1)C(N)=NO.